The highest BCUT2D eigenvalue weighted by atomic mass is 16.5. The van der Waals surface area contributed by atoms with E-state index < -0.39 is 0 Å². The van der Waals surface area contributed by atoms with Crippen LogP contribution in [-0.4, -0.2) is 35.3 Å². The molecule has 0 aliphatic carbocycles. The summed E-state index contributed by atoms with van der Waals surface area (Å²) in [5.41, 5.74) is 6.43. The predicted octanol–water partition coefficient (Wildman–Crippen LogP) is 1.92. The number of piperidine rings is 1. The molecule has 0 saturated carbocycles. The van der Waals surface area contributed by atoms with Crippen molar-refractivity contribution in [3.05, 3.63) is 12.1 Å². The molecule has 0 unspecified atom stereocenters. The largest absolute Gasteiger partial charge is 0.504 e. The maximum Gasteiger partial charge on any atom is 0.222 e. The number of nitrogens with zero attached hydrogens (tertiary/aromatic N) is 3. The number of aromatic hydroxyl groups is 1. The van der Waals surface area contributed by atoms with Gasteiger partial charge in [-0.3, -0.25) is 0 Å². The van der Waals surface area contributed by atoms with Gasteiger partial charge in [0.25, 0.3) is 0 Å². The second kappa shape index (κ2) is 5.03. The third kappa shape index (κ3) is 2.17. The van der Waals surface area contributed by atoms with Gasteiger partial charge in [-0.1, -0.05) is 0 Å². The van der Waals surface area contributed by atoms with Gasteiger partial charge >= 0.3 is 0 Å². The van der Waals surface area contributed by atoms with Gasteiger partial charge in [-0.05, 0) is 25.3 Å². The minimum atomic E-state index is 0.0581. The molecule has 0 amide bonds. The van der Waals surface area contributed by atoms with E-state index >= 15 is 0 Å². The van der Waals surface area contributed by atoms with Crippen LogP contribution < -0.4 is 15.4 Å². The molecule has 6 heteroatoms. The van der Waals surface area contributed by atoms with Crippen LogP contribution in [0, 0.1) is 0 Å². The zero-order chi connectivity index (χ0) is 14.1. The van der Waals surface area contributed by atoms with E-state index in [0.717, 1.165) is 37.1 Å². The maximum atomic E-state index is 9.86. The SMILES string of the molecule is COc1cc2c(N3CCCCC3)nc(N)nc2cc1O. The summed E-state index contributed by atoms with van der Waals surface area (Å²) < 4.78 is 5.17. The minimum Gasteiger partial charge on any atom is -0.504 e. The lowest BCUT2D eigenvalue weighted by Gasteiger charge is -2.28. The first-order valence-electron chi connectivity index (χ1n) is 6.78. The number of phenolic OH excluding ortho intramolecular Hbond substituents is 1. The van der Waals surface area contributed by atoms with E-state index in [2.05, 4.69) is 14.9 Å². The van der Waals surface area contributed by atoms with Crippen LogP contribution >= 0.6 is 0 Å². The molecule has 2 aromatic rings. The number of anilines is 2. The van der Waals surface area contributed by atoms with Gasteiger partial charge in [-0.15, -0.1) is 0 Å². The number of methoxy groups -OCH3 is 1. The summed E-state index contributed by atoms with van der Waals surface area (Å²) in [7, 11) is 1.53. The Morgan fingerprint density at radius 2 is 1.95 bits per heavy atom. The van der Waals surface area contributed by atoms with Crippen LogP contribution in [0.3, 0.4) is 0 Å². The van der Waals surface area contributed by atoms with Crippen LogP contribution in [0.1, 0.15) is 19.3 Å². The molecular weight excluding hydrogens is 256 g/mol. The average molecular weight is 274 g/mol. The lowest BCUT2D eigenvalue weighted by atomic mass is 10.1. The second-order valence-electron chi connectivity index (χ2n) is 4.99. The summed E-state index contributed by atoms with van der Waals surface area (Å²) in [6.45, 7) is 1.93. The Morgan fingerprint density at radius 3 is 2.65 bits per heavy atom. The van der Waals surface area contributed by atoms with E-state index in [-0.39, 0.29) is 11.7 Å². The molecule has 1 fully saturated rings. The molecule has 3 rings (SSSR count). The topological polar surface area (TPSA) is 84.5 Å². The van der Waals surface area contributed by atoms with E-state index in [1.165, 1.54) is 13.5 Å². The smallest absolute Gasteiger partial charge is 0.222 e. The highest BCUT2D eigenvalue weighted by Crippen LogP contribution is 2.35. The van der Waals surface area contributed by atoms with Gasteiger partial charge in [0.1, 0.15) is 5.82 Å². The molecule has 0 atom stereocenters. The summed E-state index contributed by atoms with van der Waals surface area (Å²) in [5.74, 6) is 1.53. The first-order valence-corrected chi connectivity index (χ1v) is 6.78. The van der Waals surface area contributed by atoms with E-state index in [1.54, 1.807) is 12.1 Å². The van der Waals surface area contributed by atoms with Crippen molar-refractivity contribution < 1.29 is 9.84 Å². The van der Waals surface area contributed by atoms with Crippen molar-refractivity contribution in [1.29, 1.82) is 0 Å². The van der Waals surface area contributed by atoms with Crippen LogP contribution in [0.4, 0.5) is 11.8 Å². The molecule has 1 aliphatic heterocycles. The van der Waals surface area contributed by atoms with E-state index in [9.17, 15) is 5.11 Å². The Labute approximate surface area is 117 Å². The van der Waals surface area contributed by atoms with Gasteiger partial charge in [0.2, 0.25) is 5.95 Å². The van der Waals surface area contributed by atoms with Crippen LogP contribution in [0.2, 0.25) is 0 Å². The number of hydrogen-bond donors (Lipinski definition) is 2. The van der Waals surface area contributed by atoms with Crippen molar-refractivity contribution in [2.45, 2.75) is 19.3 Å². The van der Waals surface area contributed by atoms with Crippen molar-refractivity contribution in [2.75, 3.05) is 30.8 Å². The highest BCUT2D eigenvalue weighted by Gasteiger charge is 2.18. The van der Waals surface area contributed by atoms with Gasteiger partial charge in [-0.25, -0.2) is 4.98 Å². The molecule has 1 aromatic heterocycles. The summed E-state index contributed by atoms with van der Waals surface area (Å²) in [4.78, 5) is 10.8. The van der Waals surface area contributed by atoms with Crippen molar-refractivity contribution in [2.24, 2.45) is 0 Å². The molecule has 1 saturated heterocycles. The average Bonchev–Trinajstić information content (AvgIpc) is 2.46. The van der Waals surface area contributed by atoms with Crippen LogP contribution in [0.15, 0.2) is 12.1 Å². The van der Waals surface area contributed by atoms with Gasteiger partial charge in [-0.2, -0.15) is 4.98 Å². The van der Waals surface area contributed by atoms with E-state index in [4.69, 9.17) is 10.5 Å². The maximum absolute atomic E-state index is 9.86. The lowest BCUT2D eigenvalue weighted by molar-refractivity contribution is 0.374. The van der Waals surface area contributed by atoms with Gasteiger partial charge in [0.15, 0.2) is 11.5 Å². The Morgan fingerprint density at radius 1 is 1.20 bits per heavy atom. The first kappa shape index (κ1) is 12.8. The lowest BCUT2D eigenvalue weighted by Crippen LogP contribution is -2.30. The molecule has 0 spiro atoms. The Kier molecular flexibility index (Phi) is 3.22. The minimum absolute atomic E-state index is 0.0581. The normalized spacial score (nSPS) is 15.6. The molecule has 3 N–H and O–H groups in total. The molecule has 6 nitrogen and oxygen atoms in total. The number of nitrogens with two attached hydrogens (primary N) is 1. The molecule has 20 heavy (non-hydrogen) atoms. The Hall–Kier alpha value is -2.24. The van der Waals surface area contributed by atoms with Gasteiger partial charge in [0, 0.05) is 24.5 Å². The van der Waals surface area contributed by atoms with E-state index in [0.29, 0.717) is 11.3 Å². The van der Waals surface area contributed by atoms with Crippen molar-refractivity contribution in [1.82, 2.24) is 9.97 Å². The van der Waals surface area contributed by atoms with Crippen LogP contribution in [0.25, 0.3) is 10.9 Å². The van der Waals surface area contributed by atoms with E-state index in [1.807, 2.05) is 0 Å². The summed E-state index contributed by atoms with van der Waals surface area (Å²) in [6, 6.07) is 3.34. The predicted molar refractivity (Wildman–Crippen MR) is 78.2 cm³/mol. The van der Waals surface area contributed by atoms with Gasteiger partial charge in [0.05, 0.1) is 12.6 Å². The molecular formula is C14H18N4O2. The molecule has 0 radical (unpaired) electrons. The fraction of sp³-hybridized carbons (Fsp3) is 0.429. The van der Waals surface area contributed by atoms with Crippen LogP contribution in [-0.2, 0) is 0 Å². The monoisotopic (exact) mass is 274 g/mol. The van der Waals surface area contributed by atoms with Crippen LogP contribution in [0.5, 0.6) is 11.5 Å². The number of hydrogen-bond acceptors (Lipinski definition) is 6. The number of fused-ring (bicyclic) bond motifs is 1. The van der Waals surface area contributed by atoms with Crippen molar-refractivity contribution in [3.8, 4) is 11.5 Å². The van der Waals surface area contributed by atoms with Crippen molar-refractivity contribution >= 4 is 22.7 Å². The number of aromatic nitrogens is 2. The number of rotatable bonds is 2. The zero-order valence-electron chi connectivity index (χ0n) is 11.5. The summed E-state index contributed by atoms with van der Waals surface area (Å²) in [5, 5.41) is 10.7. The fourth-order valence-corrected chi connectivity index (χ4v) is 2.66. The first-order chi connectivity index (χ1) is 9.69. The summed E-state index contributed by atoms with van der Waals surface area (Å²) >= 11 is 0. The number of benzene rings is 1. The highest BCUT2D eigenvalue weighted by molar-refractivity contribution is 5.93. The molecule has 2 heterocycles. The fourth-order valence-electron chi connectivity index (χ4n) is 2.66. The number of phenols is 1. The molecule has 0 bridgehead atoms. The molecule has 1 aliphatic rings. The number of ether oxygens (including phenoxy) is 1. The molecule has 1 aromatic carbocycles. The third-order valence-corrected chi connectivity index (χ3v) is 3.65. The zero-order valence-corrected chi connectivity index (χ0v) is 11.5. The second-order valence-corrected chi connectivity index (χ2v) is 4.99. The quantitative estimate of drug-likeness (QED) is 0.870. The molecule has 106 valence electrons. The Bertz CT molecular complexity index is 639. The Balaban J connectivity index is 2.18. The number of nitrogen functional groups attached to an aromatic ring is 1. The third-order valence-electron chi connectivity index (χ3n) is 3.65. The van der Waals surface area contributed by atoms with Crippen molar-refractivity contribution in [3.63, 3.8) is 0 Å². The standard InChI is InChI=1S/C14H18N4O2/c1-20-12-7-9-10(8-11(12)19)16-14(15)17-13(9)18-5-3-2-4-6-18/h7-8,19H,2-6H2,1H3,(H2,15,16,17). The van der Waals surface area contributed by atoms with Gasteiger partial charge < -0.3 is 20.5 Å². The summed E-state index contributed by atoms with van der Waals surface area (Å²) in [6.07, 6.45) is 3.56.